The van der Waals surface area contributed by atoms with E-state index in [1.54, 1.807) is 0 Å². The van der Waals surface area contributed by atoms with Crippen molar-refractivity contribution in [1.29, 1.82) is 0 Å². The third-order valence-electron chi connectivity index (χ3n) is 4.41. The molecule has 0 N–H and O–H groups in total. The molecular weight excluding hydrogens is 256 g/mol. The minimum atomic E-state index is -0.0958. The molecule has 1 aliphatic carbocycles. The minimum absolute atomic E-state index is 0.0958. The van der Waals surface area contributed by atoms with Crippen molar-refractivity contribution in [3.63, 3.8) is 0 Å². The lowest BCUT2D eigenvalue weighted by molar-refractivity contribution is -0.141. The minimum Gasteiger partial charge on any atom is -0.469 e. The maximum Gasteiger partial charge on any atom is 0.305 e. The van der Waals surface area contributed by atoms with Crippen molar-refractivity contribution in [3.05, 3.63) is 0 Å². The van der Waals surface area contributed by atoms with Gasteiger partial charge in [0, 0.05) is 12.8 Å². The van der Waals surface area contributed by atoms with Crippen molar-refractivity contribution < 1.29 is 19.1 Å². The summed E-state index contributed by atoms with van der Waals surface area (Å²) >= 11 is 0. The van der Waals surface area contributed by atoms with Crippen LogP contribution in [0.1, 0.15) is 64.2 Å². The fourth-order valence-corrected chi connectivity index (χ4v) is 3.08. The average Bonchev–Trinajstić information content (AvgIpc) is 2.48. The van der Waals surface area contributed by atoms with Crippen LogP contribution >= 0.6 is 0 Å². The van der Waals surface area contributed by atoms with Crippen LogP contribution in [-0.2, 0) is 19.1 Å². The molecule has 1 aliphatic rings. The molecule has 1 rings (SSSR count). The van der Waals surface area contributed by atoms with Gasteiger partial charge in [-0.1, -0.05) is 25.7 Å². The highest BCUT2D eigenvalue weighted by molar-refractivity contribution is 5.69. The van der Waals surface area contributed by atoms with E-state index in [9.17, 15) is 9.59 Å². The third-order valence-corrected chi connectivity index (χ3v) is 4.41. The van der Waals surface area contributed by atoms with Crippen LogP contribution in [0.25, 0.3) is 0 Å². The molecule has 4 heteroatoms. The Morgan fingerprint density at radius 2 is 1.15 bits per heavy atom. The molecule has 0 heterocycles. The Labute approximate surface area is 122 Å². The topological polar surface area (TPSA) is 52.6 Å². The van der Waals surface area contributed by atoms with Crippen molar-refractivity contribution in [3.8, 4) is 0 Å². The van der Waals surface area contributed by atoms with E-state index < -0.39 is 0 Å². The van der Waals surface area contributed by atoms with Crippen LogP contribution in [0, 0.1) is 11.8 Å². The summed E-state index contributed by atoms with van der Waals surface area (Å²) in [4.78, 5) is 22.1. The van der Waals surface area contributed by atoms with E-state index in [4.69, 9.17) is 0 Å². The second kappa shape index (κ2) is 9.78. The molecule has 1 fully saturated rings. The Bertz CT molecular complexity index is 263. The van der Waals surface area contributed by atoms with Crippen LogP contribution in [-0.4, -0.2) is 26.2 Å². The SMILES string of the molecule is COC(=O)CCCC1CCC(CCCC(=O)OC)CC1. The number of rotatable bonds is 8. The Kier molecular flexibility index (Phi) is 8.31. The van der Waals surface area contributed by atoms with E-state index in [1.165, 1.54) is 39.9 Å². The normalized spacial score (nSPS) is 22.3. The molecule has 116 valence electrons. The van der Waals surface area contributed by atoms with Crippen molar-refractivity contribution in [2.24, 2.45) is 11.8 Å². The lowest BCUT2D eigenvalue weighted by atomic mass is 9.78. The van der Waals surface area contributed by atoms with Crippen LogP contribution in [0.4, 0.5) is 0 Å². The fourth-order valence-electron chi connectivity index (χ4n) is 3.08. The van der Waals surface area contributed by atoms with Gasteiger partial charge in [-0.05, 0) is 37.5 Å². The lowest BCUT2D eigenvalue weighted by Gasteiger charge is -2.28. The fraction of sp³-hybridized carbons (Fsp3) is 0.875. The molecule has 0 aromatic rings. The van der Waals surface area contributed by atoms with Gasteiger partial charge in [0.05, 0.1) is 14.2 Å². The number of carbonyl (C=O) groups excluding carboxylic acids is 2. The van der Waals surface area contributed by atoms with Gasteiger partial charge in [0.1, 0.15) is 0 Å². The van der Waals surface area contributed by atoms with Crippen molar-refractivity contribution in [2.45, 2.75) is 64.2 Å². The van der Waals surface area contributed by atoms with Crippen LogP contribution in [0.3, 0.4) is 0 Å². The maximum absolute atomic E-state index is 11.0. The quantitative estimate of drug-likeness (QED) is 0.640. The van der Waals surface area contributed by atoms with E-state index in [2.05, 4.69) is 9.47 Å². The monoisotopic (exact) mass is 284 g/mol. The van der Waals surface area contributed by atoms with Gasteiger partial charge in [-0.25, -0.2) is 0 Å². The second-order valence-corrected chi connectivity index (χ2v) is 5.82. The Hall–Kier alpha value is -1.06. The molecule has 0 aliphatic heterocycles. The molecule has 20 heavy (non-hydrogen) atoms. The zero-order chi connectivity index (χ0) is 14.8. The first-order valence-electron chi connectivity index (χ1n) is 7.79. The summed E-state index contributed by atoms with van der Waals surface area (Å²) in [6, 6.07) is 0. The van der Waals surface area contributed by atoms with Crippen molar-refractivity contribution in [2.75, 3.05) is 14.2 Å². The molecule has 0 spiro atoms. The van der Waals surface area contributed by atoms with Crippen LogP contribution < -0.4 is 0 Å². The molecule has 4 nitrogen and oxygen atoms in total. The molecule has 0 aromatic carbocycles. The Balaban J connectivity index is 2.05. The van der Waals surface area contributed by atoms with Gasteiger partial charge in [-0.3, -0.25) is 9.59 Å². The zero-order valence-corrected chi connectivity index (χ0v) is 12.9. The van der Waals surface area contributed by atoms with E-state index in [-0.39, 0.29) is 11.9 Å². The van der Waals surface area contributed by atoms with Crippen LogP contribution in [0.15, 0.2) is 0 Å². The largest absolute Gasteiger partial charge is 0.469 e. The molecule has 0 radical (unpaired) electrons. The number of ether oxygens (including phenoxy) is 2. The van der Waals surface area contributed by atoms with E-state index in [0.29, 0.717) is 12.8 Å². The standard InChI is InChI=1S/C16H28O4/c1-19-15(17)7-3-5-13-9-11-14(12-10-13)6-4-8-16(18)20-2/h13-14H,3-12H2,1-2H3. The highest BCUT2D eigenvalue weighted by Gasteiger charge is 2.21. The first kappa shape index (κ1) is 17.0. The van der Waals surface area contributed by atoms with Gasteiger partial charge >= 0.3 is 11.9 Å². The summed E-state index contributed by atoms with van der Waals surface area (Å²) in [6.45, 7) is 0. The van der Waals surface area contributed by atoms with Gasteiger partial charge in [0.2, 0.25) is 0 Å². The molecule has 0 unspecified atom stereocenters. The zero-order valence-electron chi connectivity index (χ0n) is 12.9. The summed E-state index contributed by atoms with van der Waals surface area (Å²) in [7, 11) is 2.89. The van der Waals surface area contributed by atoms with Gasteiger partial charge < -0.3 is 9.47 Å². The number of esters is 2. The van der Waals surface area contributed by atoms with Crippen molar-refractivity contribution in [1.82, 2.24) is 0 Å². The predicted molar refractivity (Wildman–Crippen MR) is 77.2 cm³/mol. The summed E-state index contributed by atoms with van der Waals surface area (Å²) in [5.74, 6) is 1.36. The van der Waals surface area contributed by atoms with Crippen molar-refractivity contribution >= 4 is 11.9 Å². The summed E-state index contributed by atoms with van der Waals surface area (Å²) in [5.41, 5.74) is 0. The molecule has 0 amide bonds. The molecule has 0 saturated heterocycles. The smallest absolute Gasteiger partial charge is 0.305 e. The molecule has 0 atom stereocenters. The molecule has 0 bridgehead atoms. The van der Waals surface area contributed by atoms with Gasteiger partial charge in [-0.15, -0.1) is 0 Å². The number of methoxy groups -OCH3 is 2. The Morgan fingerprint density at radius 3 is 1.45 bits per heavy atom. The summed E-state index contributed by atoms with van der Waals surface area (Å²) < 4.78 is 9.31. The van der Waals surface area contributed by atoms with E-state index in [1.807, 2.05) is 0 Å². The first-order chi connectivity index (χ1) is 9.65. The molecule has 0 aromatic heterocycles. The van der Waals surface area contributed by atoms with E-state index in [0.717, 1.165) is 37.5 Å². The number of carbonyl (C=O) groups is 2. The highest BCUT2D eigenvalue weighted by Crippen LogP contribution is 2.34. The summed E-state index contributed by atoms with van der Waals surface area (Å²) in [6.07, 6.45) is 10.4. The lowest BCUT2D eigenvalue weighted by Crippen LogP contribution is -2.15. The Morgan fingerprint density at radius 1 is 0.800 bits per heavy atom. The second-order valence-electron chi connectivity index (χ2n) is 5.82. The predicted octanol–water partition coefficient (Wildman–Crippen LogP) is 3.48. The van der Waals surface area contributed by atoms with Crippen LogP contribution in [0.2, 0.25) is 0 Å². The van der Waals surface area contributed by atoms with Crippen LogP contribution in [0.5, 0.6) is 0 Å². The van der Waals surface area contributed by atoms with Gasteiger partial charge in [0.25, 0.3) is 0 Å². The summed E-state index contributed by atoms with van der Waals surface area (Å²) in [5, 5.41) is 0. The first-order valence-corrected chi connectivity index (χ1v) is 7.79. The molecular formula is C16H28O4. The number of hydrogen-bond acceptors (Lipinski definition) is 4. The van der Waals surface area contributed by atoms with E-state index >= 15 is 0 Å². The number of hydrogen-bond donors (Lipinski definition) is 0. The van der Waals surface area contributed by atoms with Gasteiger partial charge in [-0.2, -0.15) is 0 Å². The van der Waals surface area contributed by atoms with Gasteiger partial charge in [0.15, 0.2) is 0 Å². The average molecular weight is 284 g/mol. The highest BCUT2D eigenvalue weighted by atomic mass is 16.5. The molecule has 1 saturated carbocycles. The third kappa shape index (κ3) is 6.92. The maximum atomic E-state index is 11.0.